The highest BCUT2D eigenvalue weighted by Gasteiger charge is 2.31. The minimum Gasteiger partial charge on any atom is -0.310 e. The van der Waals surface area contributed by atoms with Gasteiger partial charge in [-0.2, -0.15) is 0 Å². The van der Waals surface area contributed by atoms with Gasteiger partial charge in [-0.15, -0.1) is 11.8 Å². The summed E-state index contributed by atoms with van der Waals surface area (Å²) >= 11 is 5.01. The molecule has 116 valence electrons. The van der Waals surface area contributed by atoms with Crippen molar-refractivity contribution >= 4 is 39.4 Å². The lowest BCUT2D eigenvalue weighted by Gasteiger charge is -2.16. The lowest BCUT2D eigenvalue weighted by Crippen LogP contribution is -2.17. The number of halogens is 1. The van der Waals surface area contributed by atoms with Crippen molar-refractivity contribution in [2.45, 2.75) is 25.1 Å². The SMILES string of the molecule is CC(C)n1[nH]c(=O)c2c1NC(=O)CS[C@@H]2c1ccccc1Br. The van der Waals surface area contributed by atoms with Crippen LogP contribution in [0.3, 0.4) is 0 Å². The first-order valence-corrected chi connectivity index (χ1v) is 8.83. The van der Waals surface area contributed by atoms with Crippen molar-refractivity contribution in [2.24, 2.45) is 0 Å². The molecule has 1 aliphatic heterocycles. The highest BCUT2D eigenvalue weighted by Crippen LogP contribution is 2.42. The molecule has 0 unspecified atom stereocenters. The van der Waals surface area contributed by atoms with E-state index in [-0.39, 0.29) is 22.8 Å². The average Bonchev–Trinajstić information content (AvgIpc) is 2.68. The van der Waals surface area contributed by atoms with Crippen LogP contribution in [-0.2, 0) is 4.79 Å². The fourth-order valence-corrected chi connectivity index (χ4v) is 4.39. The van der Waals surface area contributed by atoms with Crippen molar-refractivity contribution in [3.05, 3.63) is 50.2 Å². The Hall–Kier alpha value is -1.47. The van der Waals surface area contributed by atoms with Crippen molar-refractivity contribution in [1.29, 1.82) is 0 Å². The molecule has 22 heavy (non-hydrogen) atoms. The molecule has 0 saturated heterocycles. The quantitative estimate of drug-likeness (QED) is 0.838. The van der Waals surface area contributed by atoms with Crippen LogP contribution in [0.5, 0.6) is 0 Å². The number of rotatable bonds is 2. The van der Waals surface area contributed by atoms with E-state index in [2.05, 4.69) is 26.3 Å². The Morgan fingerprint density at radius 1 is 1.32 bits per heavy atom. The fourth-order valence-electron chi connectivity index (χ4n) is 2.56. The summed E-state index contributed by atoms with van der Waals surface area (Å²) in [6.45, 7) is 3.93. The second-order valence-corrected chi connectivity index (χ2v) is 7.38. The molecule has 0 radical (unpaired) electrons. The number of amides is 1. The summed E-state index contributed by atoms with van der Waals surface area (Å²) in [7, 11) is 0. The number of carbonyl (C=O) groups excluding carboxylic acids is 1. The van der Waals surface area contributed by atoms with E-state index in [4.69, 9.17) is 0 Å². The number of aromatic amines is 1. The highest BCUT2D eigenvalue weighted by molar-refractivity contribution is 9.10. The van der Waals surface area contributed by atoms with Crippen molar-refractivity contribution in [3.63, 3.8) is 0 Å². The monoisotopic (exact) mass is 381 g/mol. The van der Waals surface area contributed by atoms with Crippen LogP contribution in [0.1, 0.15) is 36.3 Å². The zero-order valence-electron chi connectivity index (χ0n) is 12.2. The number of carbonyl (C=O) groups is 1. The van der Waals surface area contributed by atoms with E-state index in [0.717, 1.165) is 10.0 Å². The van der Waals surface area contributed by atoms with Gasteiger partial charge < -0.3 is 5.32 Å². The van der Waals surface area contributed by atoms with Gasteiger partial charge in [0.1, 0.15) is 5.82 Å². The number of fused-ring (bicyclic) bond motifs is 1. The Bertz CT molecular complexity index is 781. The fraction of sp³-hybridized carbons (Fsp3) is 0.333. The van der Waals surface area contributed by atoms with Gasteiger partial charge in [-0.25, -0.2) is 0 Å². The van der Waals surface area contributed by atoms with Gasteiger partial charge in [-0.05, 0) is 25.5 Å². The first-order chi connectivity index (χ1) is 10.5. The summed E-state index contributed by atoms with van der Waals surface area (Å²) < 4.78 is 2.66. The van der Waals surface area contributed by atoms with E-state index in [1.54, 1.807) is 4.68 Å². The van der Waals surface area contributed by atoms with Crippen LogP contribution in [0.4, 0.5) is 5.82 Å². The predicted octanol–water partition coefficient (Wildman–Crippen LogP) is 3.29. The Balaban J connectivity index is 2.22. The second-order valence-electron chi connectivity index (χ2n) is 5.43. The van der Waals surface area contributed by atoms with Gasteiger partial charge >= 0.3 is 0 Å². The molecule has 7 heteroatoms. The van der Waals surface area contributed by atoms with Gasteiger partial charge in [0, 0.05) is 10.5 Å². The molecule has 1 aromatic carbocycles. The van der Waals surface area contributed by atoms with Crippen LogP contribution < -0.4 is 10.9 Å². The van der Waals surface area contributed by atoms with Gasteiger partial charge in [0.25, 0.3) is 5.56 Å². The van der Waals surface area contributed by atoms with Crippen molar-refractivity contribution in [2.75, 3.05) is 11.1 Å². The van der Waals surface area contributed by atoms with E-state index in [1.165, 1.54) is 11.8 Å². The molecule has 0 spiro atoms. The molecule has 2 heterocycles. The van der Waals surface area contributed by atoms with E-state index in [1.807, 2.05) is 38.1 Å². The number of H-pyrrole nitrogens is 1. The Morgan fingerprint density at radius 3 is 2.73 bits per heavy atom. The van der Waals surface area contributed by atoms with E-state index in [0.29, 0.717) is 17.1 Å². The highest BCUT2D eigenvalue weighted by atomic mass is 79.9. The molecule has 0 fully saturated rings. The number of thioether (sulfide) groups is 1. The molecule has 3 rings (SSSR count). The molecule has 1 atom stereocenters. The summed E-state index contributed by atoms with van der Waals surface area (Å²) in [6.07, 6.45) is 0. The maximum absolute atomic E-state index is 12.5. The zero-order valence-corrected chi connectivity index (χ0v) is 14.6. The first-order valence-electron chi connectivity index (χ1n) is 6.99. The minimum absolute atomic E-state index is 0.0553. The second kappa shape index (κ2) is 5.96. The summed E-state index contributed by atoms with van der Waals surface area (Å²) in [5.74, 6) is 0.808. The third-order valence-corrected chi connectivity index (χ3v) is 5.54. The molecule has 1 aliphatic rings. The van der Waals surface area contributed by atoms with Crippen molar-refractivity contribution in [1.82, 2.24) is 9.78 Å². The lowest BCUT2D eigenvalue weighted by atomic mass is 10.1. The molecule has 1 aromatic heterocycles. The Labute approximate surface area is 140 Å². The van der Waals surface area contributed by atoms with Crippen LogP contribution in [0, 0.1) is 0 Å². The number of benzene rings is 1. The molecular weight excluding hydrogens is 366 g/mol. The molecule has 0 bridgehead atoms. The maximum Gasteiger partial charge on any atom is 0.270 e. The number of anilines is 1. The number of hydrogen-bond donors (Lipinski definition) is 2. The number of aromatic nitrogens is 2. The van der Waals surface area contributed by atoms with E-state index >= 15 is 0 Å². The number of nitrogens with one attached hydrogen (secondary N) is 2. The molecular formula is C15H16BrN3O2S. The first kappa shape index (κ1) is 15.4. The summed E-state index contributed by atoms with van der Waals surface area (Å²) in [6, 6.07) is 7.85. The van der Waals surface area contributed by atoms with E-state index in [9.17, 15) is 9.59 Å². The van der Waals surface area contributed by atoms with Crippen LogP contribution in [-0.4, -0.2) is 21.4 Å². The molecule has 2 aromatic rings. The Kier molecular flexibility index (Phi) is 4.18. The molecule has 1 amide bonds. The molecule has 2 N–H and O–H groups in total. The van der Waals surface area contributed by atoms with Gasteiger partial charge in [-0.1, -0.05) is 34.1 Å². The molecule has 0 aliphatic carbocycles. The maximum atomic E-state index is 12.5. The van der Waals surface area contributed by atoms with E-state index < -0.39 is 0 Å². The van der Waals surface area contributed by atoms with Crippen LogP contribution in [0.2, 0.25) is 0 Å². The summed E-state index contributed by atoms with van der Waals surface area (Å²) in [5, 5.41) is 5.52. The normalized spacial score (nSPS) is 18.0. The van der Waals surface area contributed by atoms with Crippen molar-refractivity contribution < 1.29 is 4.79 Å². The van der Waals surface area contributed by atoms with Crippen LogP contribution in [0.25, 0.3) is 0 Å². The third kappa shape index (κ3) is 2.63. The van der Waals surface area contributed by atoms with Crippen molar-refractivity contribution in [3.8, 4) is 0 Å². The minimum atomic E-state index is -0.187. The largest absolute Gasteiger partial charge is 0.310 e. The number of hydrogen-bond acceptors (Lipinski definition) is 3. The standard InChI is InChI=1S/C15H16BrN3O2S/c1-8(2)19-14-12(15(21)18-19)13(22-7-11(20)17-14)9-5-3-4-6-10(9)16/h3-6,8,13H,7H2,1-2H3,(H,17,20)(H,18,21)/t13-/m1/s1. The van der Waals surface area contributed by atoms with Gasteiger partial charge in [0.2, 0.25) is 5.91 Å². The van der Waals surface area contributed by atoms with Gasteiger partial charge in [0.05, 0.1) is 16.6 Å². The number of nitrogens with zero attached hydrogens (tertiary/aromatic N) is 1. The molecule has 0 saturated carbocycles. The average molecular weight is 382 g/mol. The lowest BCUT2D eigenvalue weighted by molar-refractivity contribution is -0.113. The molecule has 5 nitrogen and oxygen atoms in total. The summed E-state index contributed by atoms with van der Waals surface area (Å²) in [4.78, 5) is 24.5. The van der Waals surface area contributed by atoms with Gasteiger partial charge in [-0.3, -0.25) is 19.4 Å². The summed E-state index contributed by atoms with van der Waals surface area (Å²) in [5.41, 5.74) is 1.45. The third-order valence-electron chi connectivity index (χ3n) is 3.57. The van der Waals surface area contributed by atoms with Gasteiger partial charge in [0.15, 0.2) is 0 Å². The van der Waals surface area contributed by atoms with Crippen LogP contribution in [0.15, 0.2) is 33.5 Å². The Morgan fingerprint density at radius 2 is 2.05 bits per heavy atom. The zero-order chi connectivity index (χ0) is 15.9. The predicted molar refractivity (Wildman–Crippen MR) is 92.5 cm³/mol. The van der Waals surface area contributed by atoms with Crippen LogP contribution >= 0.6 is 27.7 Å². The smallest absolute Gasteiger partial charge is 0.270 e. The topological polar surface area (TPSA) is 66.9 Å².